The van der Waals surface area contributed by atoms with Gasteiger partial charge in [0.05, 0.1) is 16.7 Å². The van der Waals surface area contributed by atoms with Gasteiger partial charge in [0.2, 0.25) is 15.9 Å². The molecule has 3 rings (SSSR count). The lowest BCUT2D eigenvalue weighted by atomic mass is 10.2. The van der Waals surface area contributed by atoms with Crippen molar-refractivity contribution < 1.29 is 17.9 Å². The molecular weight excluding hydrogens is 348 g/mol. The number of sulfonamides is 1. The number of hydrogen-bond acceptors (Lipinski definition) is 5. The first-order valence-electron chi connectivity index (χ1n) is 8.07. The summed E-state index contributed by atoms with van der Waals surface area (Å²) in [5.41, 5.74) is 0.672. The Morgan fingerprint density at radius 1 is 1.46 bits per heavy atom. The molecule has 0 radical (unpaired) electrons. The Kier molecular flexibility index (Phi) is 5.19. The molecule has 6 nitrogen and oxygen atoms in total. The van der Waals surface area contributed by atoms with Gasteiger partial charge in [-0.25, -0.2) is 13.1 Å². The fraction of sp³-hybridized carbons (Fsp3) is 0.562. The molecule has 0 aliphatic carbocycles. The Morgan fingerprint density at radius 2 is 2.25 bits per heavy atom. The van der Waals surface area contributed by atoms with E-state index in [1.54, 1.807) is 34.9 Å². The Hall–Kier alpha value is -1.09. The van der Waals surface area contributed by atoms with Gasteiger partial charge >= 0.3 is 0 Å². The van der Waals surface area contributed by atoms with Gasteiger partial charge in [-0.3, -0.25) is 4.79 Å². The summed E-state index contributed by atoms with van der Waals surface area (Å²) in [4.78, 5) is 14.7. The molecule has 1 amide bonds. The van der Waals surface area contributed by atoms with E-state index in [9.17, 15) is 13.2 Å². The molecule has 2 atom stereocenters. The number of thioether (sulfide) groups is 1. The highest BCUT2D eigenvalue weighted by Crippen LogP contribution is 2.39. The molecule has 8 heteroatoms. The maximum atomic E-state index is 12.5. The summed E-state index contributed by atoms with van der Waals surface area (Å²) in [5, 5.41) is 0.279. The van der Waals surface area contributed by atoms with Gasteiger partial charge in [0, 0.05) is 36.8 Å². The molecule has 0 aromatic heterocycles. The van der Waals surface area contributed by atoms with Crippen LogP contribution in [0.25, 0.3) is 0 Å². The van der Waals surface area contributed by atoms with E-state index in [-0.39, 0.29) is 28.7 Å². The molecule has 0 unspecified atom stereocenters. The van der Waals surface area contributed by atoms with E-state index in [1.807, 2.05) is 0 Å². The molecule has 132 valence electrons. The number of benzene rings is 1. The zero-order valence-electron chi connectivity index (χ0n) is 13.8. The third-order valence-corrected chi connectivity index (χ3v) is 6.78. The normalized spacial score (nSPS) is 24.0. The van der Waals surface area contributed by atoms with Gasteiger partial charge in [-0.05, 0) is 31.0 Å². The van der Waals surface area contributed by atoms with Crippen LogP contribution in [0.1, 0.15) is 26.7 Å². The van der Waals surface area contributed by atoms with E-state index < -0.39 is 10.0 Å². The first-order chi connectivity index (χ1) is 11.4. The van der Waals surface area contributed by atoms with Crippen molar-refractivity contribution in [1.82, 2.24) is 4.72 Å². The molecule has 1 fully saturated rings. The van der Waals surface area contributed by atoms with Crippen molar-refractivity contribution in [3.63, 3.8) is 0 Å². The highest BCUT2D eigenvalue weighted by molar-refractivity contribution is 8.00. The summed E-state index contributed by atoms with van der Waals surface area (Å²) in [6.45, 7) is 5.11. The predicted molar refractivity (Wildman–Crippen MR) is 94.0 cm³/mol. The molecule has 1 saturated heterocycles. The van der Waals surface area contributed by atoms with Gasteiger partial charge in [0.25, 0.3) is 0 Å². The van der Waals surface area contributed by atoms with E-state index in [4.69, 9.17) is 4.74 Å². The van der Waals surface area contributed by atoms with E-state index >= 15 is 0 Å². The number of nitrogens with one attached hydrogen (secondary N) is 1. The van der Waals surface area contributed by atoms with Gasteiger partial charge in [-0.1, -0.05) is 6.92 Å². The summed E-state index contributed by atoms with van der Waals surface area (Å²) in [6.07, 6.45) is 1.79. The monoisotopic (exact) mass is 370 g/mol. The smallest absolute Gasteiger partial charge is 0.240 e. The first-order valence-corrected chi connectivity index (χ1v) is 10.4. The largest absolute Gasteiger partial charge is 0.377 e. The first kappa shape index (κ1) is 17.7. The van der Waals surface area contributed by atoms with Crippen LogP contribution in [-0.4, -0.2) is 45.4 Å². The maximum absolute atomic E-state index is 12.5. The average Bonchev–Trinajstić information content (AvgIpc) is 3.05. The number of amides is 1. The minimum atomic E-state index is -3.62. The standard InChI is InChI=1S/C16H22N2O4S2/c1-11-10-18(12(2)19)15-8-14(5-6-16(15)23-11)24(20,21)17-9-13-4-3-7-22-13/h5-6,8,11,13,17H,3-4,7,9-10H2,1-2H3/t11-,13-/m1/s1. The summed E-state index contributed by atoms with van der Waals surface area (Å²) < 4.78 is 33.1. The average molecular weight is 370 g/mol. The number of fused-ring (bicyclic) bond motifs is 1. The molecule has 2 aliphatic heterocycles. The van der Waals surface area contributed by atoms with Crippen molar-refractivity contribution in [3.8, 4) is 0 Å². The zero-order chi connectivity index (χ0) is 17.3. The summed E-state index contributed by atoms with van der Waals surface area (Å²) in [6, 6.07) is 4.97. The second-order valence-corrected chi connectivity index (χ2v) is 9.42. The SMILES string of the molecule is CC(=O)N1C[C@@H](C)Sc2ccc(S(=O)(=O)NC[C@H]3CCCO3)cc21. The Labute approximate surface area is 147 Å². The number of carbonyl (C=O) groups excluding carboxylic acids is 1. The van der Waals surface area contributed by atoms with Crippen molar-refractivity contribution in [3.05, 3.63) is 18.2 Å². The van der Waals surface area contributed by atoms with Gasteiger partial charge in [-0.2, -0.15) is 0 Å². The van der Waals surface area contributed by atoms with E-state index in [2.05, 4.69) is 11.6 Å². The molecule has 2 aliphatic rings. The minimum Gasteiger partial charge on any atom is -0.377 e. The maximum Gasteiger partial charge on any atom is 0.240 e. The number of nitrogens with zero attached hydrogens (tertiary/aromatic N) is 1. The summed E-state index contributed by atoms with van der Waals surface area (Å²) >= 11 is 1.66. The number of ether oxygens (including phenoxy) is 1. The molecule has 1 aromatic rings. The van der Waals surface area contributed by atoms with E-state index in [0.717, 1.165) is 17.7 Å². The second kappa shape index (κ2) is 7.03. The van der Waals surface area contributed by atoms with Crippen molar-refractivity contribution in [1.29, 1.82) is 0 Å². The van der Waals surface area contributed by atoms with Crippen LogP contribution in [0, 0.1) is 0 Å². The third-order valence-electron chi connectivity index (χ3n) is 4.20. The van der Waals surface area contributed by atoms with Crippen LogP contribution < -0.4 is 9.62 Å². The highest BCUT2D eigenvalue weighted by Gasteiger charge is 2.27. The van der Waals surface area contributed by atoms with Crippen molar-refractivity contribution in [2.75, 3.05) is 24.6 Å². The molecule has 24 heavy (non-hydrogen) atoms. The molecule has 0 spiro atoms. The Bertz CT molecular complexity index is 730. The fourth-order valence-electron chi connectivity index (χ4n) is 2.97. The lowest BCUT2D eigenvalue weighted by Crippen LogP contribution is -2.37. The number of hydrogen-bond donors (Lipinski definition) is 1. The second-order valence-electron chi connectivity index (χ2n) is 6.17. The lowest BCUT2D eigenvalue weighted by molar-refractivity contribution is -0.116. The third kappa shape index (κ3) is 3.77. The van der Waals surface area contributed by atoms with Crippen molar-refractivity contribution in [2.24, 2.45) is 0 Å². The summed E-state index contributed by atoms with van der Waals surface area (Å²) in [7, 11) is -3.62. The molecule has 2 heterocycles. The van der Waals surface area contributed by atoms with Gasteiger partial charge in [0.15, 0.2) is 0 Å². The van der Waals surface area contributed by atoms with Crippen LogP contribution in [-0.2, 0) is 19.6 Å². The zero-order valence-corrected chi connectivity index (χ0v) is 15.5. The quantitative estimate of drug-likeness (QED) is 0.877. The van der Waals surface area contributed by atoms with E-state index in [1.165, 1.54) is 6.92 Å². The van der Waals surface area contributed by atoms with Crippen molar-refractivity contribution in [2.45, 2.75) is 47.8 Å². The number of anilines is 1. The number of carbonyl (C=O) groups is 1. The molecule has 0 bridgehead atoms. The van der Waals surface area contributed by atoms with Crippen LogP contribution in [0.15, 0.2) is 28.0 Å². The molecule has 0 saturated carbocycles. The predicted octanol–water partition coefficient (Wildman–Crippen LogP) is 1.99. The van der Waals surface area contributed by atoms with Crippen LogP contribution >= 0.6 is 11.8 Å². The van der Waals surface area contributed by atoms with Crippen molar-refractivity contribution >= 4 is 33.4 Å². The molecular formula is C16H22N2O4S2. The Morgan fingerprint density at radius 3 is 2.92 bits per heavy atom. The molecule has 1 aromatic carbocycles. The van der Waals surface area contributed by atoms with Gasteiger partial charge in [0.1, 0.15) is 0 Å². The fourth-order valence-corrected chi connectivity index (χ4v) is 5.15. The van der Waals surface area contributed by atoms with Crippen LogP contribution in [0.3, 0.4) is 0 Å². The summed E-state index contributed by atoms with van der Waals surface area (Å²) in [5.74, 6) is -0.0785. The van der Waals surface area contributed by atoms with Crippen LogP contribution in [0.2, 0.25) is 0 Å². The minimum absolute atomic E-state index is 0.0532. The Balaban J connectivity index is 1.83. The van der Waals surface area contributed by atoms with E-state index in [0.29, 0.717) is 18.8 Å². The molecule has 1 N–H and O–H groups in total. The van der Waals surface area contributed by atoms with Gasteiger partial charge < -0.3 is 9.64 Å². The lowest BCUT2D eigenvalue weighted by Gasteiger charge is -2.32. The van der Waals surface area contributed by atoms with Crippen LogP contribution in [0.4, 0.5) is 5.69 Å². The van der Waals surface area contributed by atoms with Gasteiger partial charge in [-0.15, -0.1) is 11.8 Å². The van der Waals surface area contributed by atoms with Crippen LogP contribution in [0.5, 0.6) is 0 Å². The topological polar surface area (TPSA) is 75.7 Å². The number of rotatable bonds is 4. The highest BCUT2D eigenvalue weighted by atomic mass is 32.2.